The van der Waals surface area contributed by atoms with Gasteiger partial charge in [0.25, 0.3) is 0 Å². The van der Waals surface area contributed by atoms with Crippen LogP contribution < -0.4 is 16.0 Å². The predicted octanol–water partition coefficient (Wildman–Crippen LogP) is 4.91. The number of aromatic nitrogens is 1. The summed E-state index contributed by atoms with van der Waals surface area (Å²) in [5.41, 5.74) is 4.39. The molecule has 7 heteroatoms. The van der Waals surface area contributed by atoms with Gasteiger partial charge in [-0.05, 0) is 49.2 Å². The molecule has 1 aromatic heterocycles. The van der Waals surface area contributed by atoms with E-state index in [0.29, 0.717) is 17.2 Å². The van der Waals surface area contributed by atoms with Crippen molar-refractivity contribution in [3.8, 4) is 0 Å². The van der Waals surface area contributed by atoms with Crippen LogP contribution in [0.15, 0.2) is 36.4 Å². The molecule has 0 saturated carbocycles. The molecule has 26 heavy (non-hydrogen) atoms. The smallest absolute Gasteiger partial charge is 0.308 e. The van der Waals surface area contributed by atoms with E-state index in [-0.39, 0.29) is 11.9 Å². The number of anilines is 3. The Morgan fingerprint density at radius 2 is 1.88 bits per heavy atom. The molecule has 3 N–H and O–H groups in total. The van der Waals surface area contributed by atoms with Crippen LogP contribution in [-0.4, -0.2) is 16.9 Å². The molecule has 2 aromatic carbocycles. The molecule has 0 aliphatic carbocycles. The third-order valence-electron chi connectivity index (χ3n) is 4.07. The third-order valence-corrected chi connectivity index (χ3v) is 5.00. The quantitative estimate of drug-likeness (QED) is 0.612. The van der Waals surface area contributed by atoms with Crippen molar-refractivity contribution in [1.29, 1.82) is 0 Å². The maximum atomic E-state index is 12.3. The van der Waals surface area contributed by atoms with Gasteiger partial charge < -0.3 is 16.0 Å². The second-order valence-corrected chi connectivity index (χ2v) is 6.96. The van der Waals surface area contributed by atoms with Crippen LogP contribution in [0.2, 0.25) is 0 Å². The monoisotopic (exact) mass is 368 g/mol. The fraction of sp³-hybridized carbons (Fsp3) is 0.211. The Kier molecular flexibility index (Phi) is 5.18. The second-order valence-electron chi connectivity index (χ2n) is 5.93. The first-order chi connectivity index (χ1) is 12.5. The summed E-state index contributed by atoms with van der Waals surface area (Å²) < 4.78 is 0.890. The fourth-order valence-corrected chi connectivity index (χ4v) is 3.36. The molecular weight excluding hydrogens is 348 g/mol. The third kappa shape index (κ3) is 4.00. The number of hydrogen-bond donors (Lipinski definition) is 3. The van der Waals surface area contributed by atoms with E-state index in [4.69, 9.17) is 0 Å². The standard InChI is InChI=1S/C19H20N4O2S/c1-4-17(24)23-19-22-15-9-8-13(10-16(15)26-19)20-18(25)21-14-7-5-6-11(2)12(14)3/h5-10H,4H2,1-3H3,(H2,20,21,25)(H,22,23,24). The number of carbonyl (C=O) groups excluding carboxylic acids is 2. The number of urea groups is 1. The lowest BCUT2D eigenvalue weighted by atomic mass is 10.1. The highest BCUT2D eigenvalue weighted by atomic mass is 32.1. The van der Waals surface area contributed by atoms with Crippen molar-refractivity contribution in [2.45, 2.75) is 27.2 Å². The van der Waals surface area contributed by atoms with Crippen LogP contribution in [0.3, 0.4) is 0 Å². The van der Waals surface area contributed by atoms with Crippen molar-refractivity contribution in [3.05, 3.63) is 47.5 Å². The number of hydrogen-bond acceptors (Lipinski definition) is 4. The summed E-state index contributed by atoms with van der Waals surface area (Å²) in [4.78, 5) is 28.1. The minimum Gasteiger partial charge on any atom is -0.308 e. The van der Waals surface area contributed by atoms with E-state index in [1.54, 1.807) is 13.0 Å². The molecule has 0 spiro atoms. The number of nitrogens with zero attached hydrogens (tertiary/aromatic N) is 1. The highest BCUT2D eigenvalue weighted by molar-refractivity contribution is 7.22. The minimum absolute atomic E-state index is 0.0738. The van der Waals surface area contributed by atoms with Crippen LogP contribution in [0.5, 0.6) is 0 Å². The first-order valence-corrected chi connectivity index (χ1v) is 9.12. The van der Waals surface area contributed by atoms with Gasteiger partial charge >= 0.3 is 6.03 Å². The Morgan fingerprint density at radius 1 is 1.08 bits per heavy atom. The number of nitrogens with one attached hydrogen (secondary N) is 3. The maximum absolute atomic E-state index is 12.3. The van der Waals surface area contributed by atoms with Crippen LogP contribution in [0.4, 0.5) is 21.3 Å². The van der Waals surface area contributed by atoms with Crippen molar-refractivity contribution in [2.24, 2.45) is 0 Å². The number of thiazole rings is 1. The summed E-state index contributed by atoms with van der Waals surface area (Å²) in [6.45, 7) is 5.77. The van der Waals surface area contributed by atoms with Gasteiger partial charge in [0.2, 0.25) is 5.91 Å². The zero-order valence-corrected chi connectivity index (χ0v) is 15.7. The van der Waals surface area contributed by atoms with Crippen LogP contribution >= 0.6 is 11.3 Å². The average molecular weight is 368 g/mol. The molecule has 1 heterocycles. The minimum atomic E-state index is -0.304. The first-order valence-electron chi connectivity index (χ1n) is 8.31. The first kappa shape index (κ1) is 17.9. The summed E-state index contributed by atoms with van der Waals surface area (Å²) in [7, 11) is 0. The van der Waals surface area contributed by atoms with E-state index in [9.17, 15) is 9.59 Å². The summed E-state index contributed by atoms with van der Waals surface area (Å²) in [6.07, 6.45) is 0.404. The fourth-order valence-electron chi connectivity index (χ4n) is 2.43. The number of carbonyl (C=O) groups is 2. The summed E-state index contributed by atoms with van der Waals surface area (Å²) in [6, 6.07) is 10.9. The van der Waals surface area contributed by atoms with Gasteiger partial charge in [-0.15, -0.1) is 0 Å². The lowest BCUT2D eigenvalue weighted by molar-refractivity contribution is -0.115. The van der Waals surface area contributed by atoms with Gasteiger partial charge in [0.1, 0.15) is 0 Å². The number of aryl methyl sites for hydroxylation is 1. The van der Waals surface area contributed by atoms with Gasteiger partial charge in [0.05, 0.1) is 10.2 Å². The molecule has 0 aliphatic rings. The Morgan fingerprint density at radius 3 is 2.65 bits per heavy atom. The molecule has 0 aliphatic heterocycles. The van der Waals surface area contributed by atoms with E-state index in [1.807, 2.05) is 44.2 Å². The normalized spacial score (nSPS) is 10.6. The number of rotatable bonds is 4. The van der Waals surface area contributed by atoms with Gasteiger partial charge in [-0.3, -0.25) is 4.79 Å². The highest BCUT2D eigenvalue weighted by Crippen LogP contribution is 2.28. The summed E-state index contributed by atoms with van der Waals surface area (Å²) >= 11 is 1.38. The van der Waals surface area contributed by atoms with Gasteiger partial charge in [0.15, 0.2) is 5.13 Å². The van der Waals surface area contributed by atoms with Crippen molar-refractivity contribution >= 4 is 50.0 Å². The van der Waals surface area contributed by atoms with Crippen molar-refractivity contribution < 1.29 is 9.59 Å². The number of benzene rings is 2. The lowest BCUT2D eigenvalue weighted by Crippen LogP contribution is -2.20. The molecule has 0 fully saturated rings. The molecule has 6 nitrogen and oxygen atoms in total. The van der Waals surface area contributed by atoms with Crippen LogP contribution in [0.25, 0.3) is 10.2 Å². The molecular formula is C19H20N4O2S. The molecule has 0 unspecified atom stereocenters. The predicted molar refractivity (Wildman–Crippen MR) is 107 cm³/mol. The van der Waals surface area contributed by atoms with Crippen molar-refractivity contribution in [2.75, 3.05) is 16.0 Å². The van der Waals surface area contributed by atoms with Gasteiger partial charge in [0, 0.05) is 17.8 Å². The molecule has 0 radical (unpaired) electrons. The molecule has 3 amide bonds. The number of amides is 3. The van der Waals surface area contributed by atoms with Crippen LogP contribution in [0, 0.1) is 13.8 Å². The van der Waals surface area contributed by atoms with Gasteiger partial charge in [-0.1, -0.05) is 30.4 Å². The topological polar surface area (TPSA) is 83.1 Å². The molecule has 0 bridgehead atoms. The van der Waals surface area contributed by atoms with E-state index >= 15 is 0 Å². The van der Waals surface area contributed by atoms with E-state index in [0.717, 1.165) is 27.0 Å². The van der Waals surface area contributed by atoms with Gasteiger partial charge in [-0.25, -0.2) is 9.78 Å². The second kappa shape index (κ2) is 7.53. The lowest BCUT2D eigenvalue weighted by Gasteiger charge is -2.11. The average Bonchev–Trinajstić information content (AvgIpc) is 3.00. The SMILES string of the molecule is CCC(=O)Nc1nc2ccc(NC(=O)Nc3cccc(C)c3C)cc2s1. The zero-order chi connectivity index (χ0) is 18.7. The molecule has 134 valence electrons. The van der Waals surface area contributed by atoms with Gasteiger partial charge in [-0.2, -0.15) is 0 Å². The Hall–Kier alpha value is -2.93. The highest BCUT2D eigenvalue weighted by Gasteiger charge is 2.09. The molecule has 0 saturated heterocycles. The Balaban J connectivity index is 1.73. The molecule has 3 aromatic rings. The summed E-state index contributed by atoms with van der Waals surface area (Å²) in [5.74, 6) is -0.0738. The largest absolute Gasteiger partial charge is 0.323 e. The van der Waals surface area contributed by atoms with Crippen LogP contribution in [-0.2, 0) is 4.79 Å². The summed E-state index contributed by atoms with van der Waals surface area (Å²) in [5, 5.41) is 9.01. The van der Waals surface area contributed by atoms with Crippen LogP contribution in [0.1, 0.15) is 24.5 Å². The Labute approximate surface area is 155 Å². The molecule has 3 rings (SSSR count). The van der Waals surface area contributed by atoms with E-state index in [2.05, 4.69) is 20.9 Å². The molecule has 0 atom stereocenters. The van der Waals surface area contributed by atoms with E-state index < -0.39 is 0 Å². The zero-order valence-electron chi connectivity index (χ0n) is 14.8. The Bertz CT molecular complexity index is 981. The van der Waals surface area contributed by atoms with Crippen molar-refractivity contribution in [1.82, 2.24) is 4.98 Å². The van der Waals surface area contributed by atoms with Crippen molar-refractivity contribution in [3.63, 3.8) is 0 Å². The number of fused-ring (bicyclic) bond motifs is 1. The maximum Gasteiger partial charge on any atom is 0.323 e. The van der Waals surface area contributed by atoms with E-state index in [1.165, 1.54) is 11.3 Å².